The van der Waals surface area contributed by atoms with E-state index in [1.165, 1.54) is 31.2 Å². The number of nitrogens with one attached hydrogen (secondary N) is 1. The van der Waals surface area contributed by atoms with Crippen LogP contribution in [0.2, 0.25) is 0 Å². The second kappa shape index (κ2) is 5.57. The maximum absolute atomic E-state index is 14.2. The van der Waals surface area contributed by atoms with Crippen LogP contribution in [0.15, 0.2) is 36.5 Å². The highest BCUT2D eigenvalue weighted by Gasteiger charge is 2.27. The zero-order chi connectivity index (χ0) is 15.6. The minimum Gasteiger partial charge on any atom is -0.388 e. The molecule has 0 aliphatic rings. The number of halogens is 2. The van der Waals surface area contributed by atoms with Crippen LogP contribution in [0.3, 0.4) is 0 Å². The van der Waals surface area contributed by atoms with Crippen LogP contribution in [0.5, 0.6) is 0 Å². The van der Waals surface area contributed by atoms with E-state index in [1.54, 1.807) is 6.07 Å². The Kier molecular flexibility index (Phi) is 3.99. The van der Waals surface area contributed by atoms with E-state index in [9.17, 15) is 13.9 Å². The van der Waals surface area contributed by atoms with E-state index in [1.807, 2.05) is 0 Å². The molecule has 1 aromatic heterocycles. The number of nitrogens with two attached hydrogens (primary N) is 1. The third-order valence-corrected chi connectivity index (χ3v) is 3.11. The molecule has 0 saturated carbocycles. The Morgan fingerprint density at radius 1 is 1.33 bits per heavy atom. The lowest BCUT2D eigenvalue weighted by Crippen LogP contribution is -2.29. The third kappa shape index (κ3) is 3.41. The lowest BCUT2D eigenvalue weighted by molar-refractivity contribution is 0.0610. The van der Waals surface area contributed by atoms with Gasteiger partial charge in [0.15, 0.2) is 0 Å². The third-order valence-electron chi connectivity index (χ3n) is 3.11. The molecule has 21 heavy (non-hydrogen) atoms. The van der Waals surface area contributed by atoms with Crippen molar-refractivity contribution in [2.45, 2.75) is 18.9 Å². The van der Waals surface area contributed by atoms with Gasteiger partial charge in [0.1, 0.15) is 11.6 Å². The smallest absolute Gasteiger partial charge is 0.141 e. The molecule has 2 aromatic rings. The monoisotopic (exact) mass is 291 g/mol. The highest BCUT2D eigenvalue weighted by atomic mass is 19.1. The SMILES string of the molecule is CC(O)(CC(=N)N)c1ccc(-c2ccc(F)cn2)cc1F. The zero-order valence-electron chi connectivity index (χ0n) is 11.4. The Hall–Kier alpha value is -2.34. The van der Waals surface area contributed by atoms with Crippen molar-refractivity contribution in [2.24, 2.45) is 5.73 Å². The van der Waals surface area contributed by atoms with Crippen molar-refractivity contribution >= 4 is 5.84 Å². The minimum atomic E-state index is -1.56. The number of nitrogens with zero attached hydrogens (tertiary/aromatic N) is 1. The van der Waals surface area contributed by atoms with Gasteiger partial charge in [0.05, 0.1) is 23.3 Å². The van der Waals surface area contributed by atoms with Crippen molar-refractivity contribution in [3.05, 3.63) is 53.7 Å². The maximum Gasteiger partial charge on any atom is 0.141 e. The fraction of sp³-hybridized carbons (Fsp3) is 0.200. The van der Waals surface area contributed by atoms with Crippen LogP contribution in [0.1, 0.15) is 18.9 Å². The quantitative estimate of drug-likeness (QED) is 0.598. The fourth-order valence-corrected chi connectivity index (χ4v) is 2.12. The van der Waals surface area contributed by atoms with Crippen molar-refractivity contribution in [3.8, 4) is 11.3 Å². The number of hydrogen-bond acceptors (Lipinski definition) is 3. The summed E-state index contributed by atoms with van der Waals surface area (Å²) in [6.07, 6.45) is 0.880. The lowest BCUT2D eigenvalue weighted by atomic mass is 9.90. The summed E-state index contributed by atoms with van der Waals surface area (Å²) < 4.78 is 27.0. The standard InChI is InChI=1S/C15H15F2N3O/c1-15(21,7-14(18)19)11-4-2-9(6-12(11)17)13-5-3-10(16)8-20-13/h2-6,8,21H,7H2,1H3,(H3,18,19). The largest absolute Gasteiger partial charge is 0.388 e. The molecule has 0 spiro atoms. The highest BCUT2D eigenvalue weighted by Crippen LogP contribution is 2.29. The van der Waals surface area contributed by atoms with Crippen LogP contribution in [0, 0.1) is 17.0 Å². The van der Waals surface area contributed by atoms with Gasteiger partial charge >= 0.3 is 0 Å². The summed E-state index contributed by atoms with van der Waals surface area (Å²) in [4.78, 5) is 3.87. The van der Waals surface area contributed by atoms with Crippen LogP contribution in [-0.2, 0) is 5.60 Å². The van der Waals surface area contributed by atoms with Crippen LogP contribution < -0.4 is 5.73 Å². The molecular formula is C15H15F2N3O. The Morgan fingerprint density at radius 3 is 2.57 bits per heavy atom. The Bertz CT molecular complexity index is 669. The summed E-state index contributed by atoms with van der Waals surface area (Å²) in [5, 5.41) is 17.4. The van der Waals surface area contributed by atoms with Crippen molar-refractivity contribution < 1.29 is 13.9 Å². The molecule has 1 aromatic carbocycles. The first-order valence-corrected chi connectivity index (χ1v) is 6.27. The summed E-state index contributed by atoms with van der Waals surface area (Å²) in [6.45, 7) is 1.39. The number of rotatable bonds is 4. The molecule has 1 unspecified atom stereocenters. The summed E-state index contributed by atoms with van der Waals surface area (Å²) >= 11 is 0. The number of benzene rings is 1. The maximum atomic E-state index is 14.2. The molecule has 2 rings (SSSR count). The molecule has 0 amide bonds. The molecule has 1 heterocycles. The van der Waals surface area contributed by atoms with Gasteiger partial charge in [-0.1, -0.05) is 12.1 Å². The molecular weight excluding hydrogens is 276 g/mol. The van der Waals surface area contributed by atoms with E-state index in [0.29, 0.717) is 11.3 Å². The van der Waals surface area contributed by atoms with Gasteiger partial charge < -0.3 is 10.8 Å². The Labute approximate surface area is 120 Å². The molecule has 0 aliphatic heterocycles. The molecule has 1 atom stereocenters. The first kappa shape index (κ1) is 15.1. The lowest BCUT2D eigenvalue weighted by Gasteiger charge is -2.24. The normalized spacial score (nSPS) is 13.7. The van der Waals surface area contributed by atoms with Crippen molar-refractivity contribution in [2.75, 3.05) is 0 Å². The Morgan fingerprint density at radius 2 is 2.05 bits per heavy atom. The molecule has 0 saturated heterocycles. The van der Waals surface area contributed by atoms with Gasteiger partial charge in [-0.3, -0.25) is 10.4 Å². The number of aliphatic hydroxyl groups is 1. The molecule has 4 nitrogen and oxygen atoms in total. The van der Waals surface area contributed by atoms with Crippen molar-refractivity contribution in [1.82, 2.24) is 4.98 Å². The van der Waals surface area contributed by atoms with Gasteiger partial charge in [-0.15, -0.1) is 0 Å². The topological polar surface area (TPSA) is 83.0 Å². The molecule has 0 fully saturated rings. The van der Waals surface area contributed by atoms with E-state index in [2.05, 4.69) is 4.98 Å². The van der Waals surface area contributed by atoms with E-state index in [4.69, 9.17) is 11.1 Å². The van der Waals surface area contributed by atoms with Crippen molar-refractivity contribution in [1.29, 1.82) is 5.41 Å². The van der Waals surface area contributed by atoms with Crippen LogP contribution in [-0.4, -0.2) is 15.9 Å². The average Bonchev–Trinajstić information content (AvgIpc) is 2.37. The van der Waals surface area contributed by atoms with Gasteiger partial charge in [0.2, 0.25) is 0 Å². The summed E-state index contributed by atoms with van der Waals surface area (Å²) in [5.74, 6) is -1.34. The molecule has 0 aliphatic carbocycles. The molecule has 0 radical (unpaired) electrons. The summed E-state index contributed by atoms with van der Waals surface area (Å²) in [6, 6.07) is 6.88. The summed E-state index contributed by atoms with van der Waals surface area (Å²) in [7, 11) is 0. The second-order valence-corrected chi connectivity index (χ2v) is 5.03. The average molecular weight is 291 g/mol. The van der Waals surface area contributed by atoms with E-state index >= 15 is 0 Å². The number of amidine groups is 1. The fourth-order valence-electron chi connectivity index (χ4n) is 2.12. The van der Waals surface area contributed by atoms with Crippen LogP contribution in [0.4, 0.5) is 8.78 Å². The van der Waals surface area contributed by atoms with Gasteiger partial charge in [-0.25, -0.2) is 8.78 Å². The second-order valence-electron chi connectivity index (χ2n) is 5.03. The van der Waals surface area contributed by atoms with E-state index < -0.39 is 17.2 Å². The van der Waals surface area contributed by atoms with Gasteiger partial charge in [-0.2, -0.15) is 0 Å². The molecule has 6 heteroatoms. The molecule has 4 N–H and O–H groups in total. The minimum absolute atomic E-state index is 0.0450. The number of hydrogen-bond donors (Lipinski definition) is 3. The predicted octanol–water partition coefficient (Wildman–Crippen LogP) is 2.56. The zero-order valence-corrected chi connectivity index (χ0v) is 11.4. The predicted molar refractivity (Wildman–Crippen MR) is 75.7 cm³/mol. The first-order valence-electron chi connectivity index (χ1n) is 6.27. The highest BCUT2D eigenvalue weighted by molar-refractivity contribution is 5.78. The van der Waals surface area contributed by atoms with Crippen LogP contribution in [0.25, 0.3) is 11.3 Å². The van der Waals surface area contributed by atoms with E-state index in [0.717, 1.165) is 6.20 Å². The number of pyridine rings is 1. The van der Waals surface area contributed by atoms with Crippen molar-refractivity contribution in [3.63, 3.8) is 0 Å². The van der Waals surface area contributed by atoms with E-state index in [-0.39, 0.29) is 17.8 Å². The number of aromatic nitrogens is 1. The Balaban J connectivity index is 2.37. The molecule has 0 bridgehead atoms. The van der Waals surface area contributed by atoms with Crippen LogP contribution >= 0.6 is 0 Å². The van der Waals surface area contributed by atoms with Gasteiger partial charge in [-0.05, 0) is 25.1 Å². The summed E-state index contributed by atoms with van der Waals surface area (Å²) in [5.41, 5.74) is 4.63. The molecule has 110 valence electrons. The van der Waals surface area contributed by atoms with Gasteiger partial charge in [0.25, 0.3) is 0 Å². The first-order chi connectivity index (χ1) is 9.79. The van der Waals surface area contributed by atoms with Gasteiger partial charge in [0, 0.05) is 17.5 Å².